The Balaban J connectivity index is 2.35. The number of benzene rings is 1. The number of H-pyrrole nitrogens is 1. The maximum absolute atomic E-state index is 11.7. The Morgan fingerprint density at radius 1 is 1.42 bits per heavy atom. The molecule has 0 atom stereocenters. The average molecular weight is 333 g/mol. The number of nitrogens with one attached hydrogen (secondary N) is 1. The molecule has 0 saturated carbocycles. The third kappa shape index (κ3) is 3.93. The van der Waals surface area contributed by atoms with Crippen molar-refractivity contribution >= 4 is 17.7 Å². The first kappa shape index (κ1) is 17.1. The molecule has 1 heterocycles. The number of hydrogen-bond acceptors (Lipinski definition) is 7. The number of nitro groups is 1. The molecule has 24 heavy (non-hydrogen) atoms. The summed E-state index contributed by atoms with van der Waals surface area (Å²) in [6.07, 6.45) is 1.33. The van der Waals surface area contributed by atoms with E-state index in [4.69, 9.17) is 5.11 Å². The molecule has 0 unspecified atom stereocenters. The zero-order chi connectivity index (χ0) is 17.7. The van der Waals surface area contributed by atoms with Crippen LogP contribution in [-0.4, -0.2) is 38.9 Å². The summed E-state index contributed by atoms with van der Waals surface area (Å²) in [6.45, 7) is -0.252. The minimum Gasteiger partial charge on any atom is -0.394 e. The molecule has 0 aliphatic heterocycles. The number of anilines is 1. The Hall–Kier alpha value is -3.27. The van der Waals surface area contributed by atoms with Crippen LogP contribution in [-0.2, 0) is 7.05 Å². The highest BCUT2D eigenvalue weighted by molar-refractivity contribution is 5.81. The smallest absolute Gasteiger partial charge is 0.329 e. The van der Waals surface area contributed by atoms with Gasteiger partial charge in [-0.3, -0.25) is 24.5 Å². The highest BCUT2D eigenvalue weighted by Gasteiger charge is 2.09. The van der Waals surface area contributed by atoms with Crippen molar-refractivity contribution < 1.29 is 10.0 Å². The van der Waals surface area contributed by atoms with Crippen LogP contribution in [0.3, 0.4) is 0 Å². The van der Waals surface area contributed by atoms with E-state index < -0.39 is 16.2 Å². The summed E-state index contributed by atoms with van der Waals surface area (Å²) < 4.78 is 0.894. The highest BCUT2D eigenvalue weighted by Crippen LogP contribution is 2.12. The van der Waals surface area contributed by atoms with E-state index in [2.05, 4.69) is 10.1 Å². The van der Waals surface area contributed by atoms with E-state index in [1.54, 1.807) is 6.07 Å². The Morgan fingerprint density at radius 3 is 2.79 bits per heavy atom. The van der Waals surface area contributed by atoms with Crippen LogP contribution >= 0.6 is 0 Å². The van der Waals surface area contributed by atoms with Crippen molar-refractivity contribution in [3.8, 4) is 0 Å². The molecule has 1 aromatic heterocycles. The maximum Gasteiger partial charge on any atom is 0.329 e. The third-order valence-electron chi connectivity index (χ3n) is 3.15. The average Bonchev–Trinajstić information content (AvgIpc) is 2.56. The van der Waals surface area contributed by atoms with Crippen molar-refractivity contribution in [3.63, 3.8) is 0 Å². The summed E-state index contributed by atoms with van der Waals surface area (Å²) in [7, 11) is 1.33. The summed E-state index contributed by atoms with van der Waals surface area (Å²) in [6, 6.07) is 6.97. The van der Waals surface area contributed by atoms with E-state index in [9.17, 15) is 19.7 Å². The van der Waals surface area contributed by atoms with Gasteiger partial charge in [-0.15, -0.1) is 0 Å². The second kappa shape index (κ2) is 7.33. The van der Waals surface area contributed by atoms with Gasteiger partial charge in [0.25, 0.3) is 11.2 Å². The normalized spacial score (nSPS) is 10.9. The molecule has 0 bridgehead atoms. The fraction of sp³-hybridized carbons (Fsp3) is 0.214. The molecular weight excluding hydrogens is 318 g/mol. The van der Waals surface area contributed by atoms with E-state index in [1.807, 2.05) is 0 Å². The number of hydrogen-bond donors (Lipinski definition) is 2. The first-order valence-corrected chi connectivity index (χ1v) is 6.89. The van der Waals surface area contributed by atoms with Gasteiger partial charge in [0, 0.05) is 30.8 Å². The van der Waals surface area contributed by atoms with Gasteiger partial charge in [-0.05, 0) is 0 Å². The van der Waals surface area contributed by atoms with Gasteiger partial charge in [0.15, 0.2) is 0 Å². The number of nitrogens with zero attached hydrogens (tertiary/aromatic N) is 4. The first-order chi connectivity index (χ1) is 11.4. The lowest BCUT2D eigenvalue weighted by Crippen LogP contribution is -2.35. The minimum atomic E-state index is -0.619. The van der Waals surface area contributed by atoms with Crippen LogP contribution in [0.2, 0.25) is 0 Å². The molecule has 0 saturated heterocycles. The number of rotatable bonds is 6. The Morgan fingerprint density at radius 2 is 2.17 bits per heavy atom. The lowest BCUT2D eigenvalue weighted by molar-refractivity contribution is -0.384. The van der Waals surface area contributed by atoms with Crippen LogP contribution in [0.4, 0.5) is 11.5 Å². The molecule has 2 N–H and O–H groups in total. The van der Waals surface area contributed by atoms with Crippen LogP contribution in [0.1, 0.15) is 5.56 Å². The molecule has 0 spiro atoms. The van der Waals surface area contributed by atoms with Gasteiger partial charge in [0.2, 0.25) is 0 Å². The molecule has 126 valence electrons. The molecule has 0 amide bonds. The van der Waals surface area contributed by atoms with Gasteiger partial charge in [-0.25, -0.2) is 9.80 Å². The third-order valence-corrected chi connectivity index (χ3v) is 3.15. The second-order valence-electron chi connectivity index (χ2n) is 4.80. The molecule has 10 nitrogen and oxygen atoms in total. The SMILES string of the molecule is Cn1c(=O)cc(N(CCO)N=Cc2cccc([N+](=O)[O-])c2)[nH]c1=O. The van der Waals surface area contributed by atoms with E-state index in [1.165, 1.54) is 42.5 Å². The van der Waals surface area contributed by atoms with E-state index >= 15 is 0 Å². The summed E-state index contributed by atoms with van der Waals surface area (Å²) in [5.74, 6) is 0.110. The molecule has 10 heteroatoms. The quantitative estimate of drug-likeness (QED) is 0.428. The van der Waals surface area contributed by atoms with E-state index in [-0.39, 0.29) is 24.7 Å². The van der Waals surface area contributed by atoms with E-state index in [0.29, 0.717) is 5.56 Å². The molecular formula is C14H15N5O5. The van der Waals surface area contributed by atoms with Gasteiger partial charge in [-0.2, -0.15) is 5.10 Å². The number of aromatic nitrogens is 2. The van der Waals surface area contributed by atoms with Gasteiger partial charge < -0.3 is 5.11 Å². The van der Waals surface area contributed by atoms with E-state index in [0.717, 1.165) is 4.57 Å². The zero-order valence-electron chi connectivity index (χ0n) is 12.7. The standard InChI is InChI=1S/C14H15N5O5/c1-17-13(21)8-12(16-14(17)22)18(5-6-20)15-9-10-3-2-4-11(7-10)19(23)24/h2-4,7-9,20H,5-6H2,1H3,(H,16,22). The number of non-ortho nitro benzene ring substituents is 1. The molecule has 0 fully saturated rings. The molecule has 2 rings (SSSR count). The number of aliphatic hydroxyl groups is 1. The van der Waals surface area contributed by atoms with Gasteiger partial charge >= 0.3 is 5.69 Å². The number of hydrazone groups is 1. The van der Waals surface area contributed by atoms with Gasteiger partial charge in [0.05, 0.1) is 24.3 Å². The topological polar surface area (TPSA) is 134 Å². The van der Waals surface area contributed by atoms with Crippen molar-refractivity contribution in [2.75, 3.05) is 18.2 Å². The summed E-state index contributed by atoms with van der Waals surface area (Å²) in [5, 5.41) is 25.2. The highest BCUT2D eigenvalue weighted by atomic mass is 16.6. The van der Waals surface area contributed by atoms with Gasteiger partial charge in [-0.1, -0.05) is 12.1 Å². The summed E-state index contributed by atoms with van der Waals surface area (Å²) >= 11 is 0. The first-order valence-electron chi connectivity index (χ1n) is 6.89. The number of aliphatic hydroxyl groups excluding tert-OH is 1. The number of nitro benzene ring substituents is 1. The van der Waals surface area contributed by atoms with Crippen LogP contribution < -0.4 is 16.3 Å². The molecule has 0 aliphatic carbocycles. The minimum absolute atomic E-state index is 0.0224. The van der Waals surface area contributed by atoms with Crippen molar-refractivity contribution in [3.05, 3.63) is 66.8 Å². The lowest BCUT2D eigenvalue weighted by Gasteiger charge is -2.17. The predicted octanol–water partition coefficient (Wildman–Crippen LogP) is -0.185. The van der Waals surface area contributed by atoms with Crippen LogP contribution in [0.25, 0.3) is 0 Å². The zero-order valence-corrected chi connectivity index (χ0v) is 12.7. The van der Waals surface area contributed by atoms with Crippen molar-refractivity contribution in [2.24, 2.45) is 12.1 Å². The molecule has 1 aromatic carbocycles. The maximum atomic E-state index is 11.7. The predicted molar refractivity (Wildman–Crippen MR) is 87.4 cm³/mol. The summed E-state index contributed by atoms with van der Waals surface area (Å²) in [4.78, 5) is 36.0. The summed E-state index contributed by atoms with van der Waals surface area (Å²) in [5.41, 5.74) is -0.777. The molecule has 0 aliphatic rings. The van der Waals surface area contributed by atoms with Crippen LogP contribution in [0.5, 0.6) is 0 Å². The largest absolute Gasteiger partial charge is 0.394 e. The number of aromatic amines is 1. The fourth-order valence-corrected chi connectivity index (χ4v) is 1.87. The Kier molecular flexibility index (Phi) is 5.22. The second-order valence-corrected chi connectivity index (χ2v) is 4.80. The Labute approximate surface area is 135 Å². The van der Waals surface area contributed by atoms with Crippen LogP contribution in [0.15, 0.2) is 45.0 Å². The van der Waals surface area contributed by atoms with Gasteiger partial charge in [0.1, 0.15) is 5.82 Å². The van der Waals surface area contributed by atoms with Crippen molar-refractivity contribution in [1.82, 2.24) is 9.55 Å². The lowest BCUT2D eigenvalue weighted by atomic mass is 10.2. The van der Waals surface area contributed by atoms with Crippen molar-refractivity contribution in [2.45, 2.75) is 0 Å². The monoisotopic (exact) mass is 333 g/mol. The molecule has 0 radical (unpaired) electrons. The van der Waals surface area contributed by atoms with Crippen LogP contribution in [0, 0.1) is 10.1 Å². The Bertz CT molecular complexity index is 854. The van der Waals surface area contributed by atoms with Crippen molar-refractivity contribution in [1.29, 1.82) is 0 Å². The molecule has 2 aromatic rings. The fourth-order valence-electron chi connectivity index (χ4n) is 1.87.